The summed E-state index contributed by atoms with van der Waals surface area (Å²) in [5, 5.41) is 0. The predicted octanol–water partition coefficient (Wildman–Crippen LogP) is 4.40. The van der Waals surface area contributed by atoms with E-state index in [2.05, 4.69) is 6.07 Å². The van der Waals surface area contributed by atoms with Gasteiger partial charge in [0.25, 0.3) is 5.91 Å². The van der Waals surface area contributed by atoms with Crippen molar-refractivity contribution in [1.29, 1.82) is 0 Å². The van der Waals surface area contributed by atoms with Crippen LogP contribution in [-0.4, -0.2) is 17.4 Å². The normalized spacial score (nSPS) is 10.5. The first-order valence-corrected chi connectivity index (χ1v) is 7.89. The molecular weight excluding hydrogens is 380 g/mol. The molecule has 2 rings (SSSR count). The van der Waals surface area contributed by atoms with Gasteiger partial charge in [0.2, 0.25) is 0 Å². The van der Waals surface area contributed by atoms with Crippen molar-refractivity contribution in [2.75, 3.05) is 6.54 Å². The van der Waals surface area contributed by atoms with E-state index >= 15 is 0 Å². The van der Waals surface area contributed by atoms with Crippen molar-refractivity contribution >= 4 is 28.5 Å². The molecule has 0 radical (unpaired) electrons. The Morgan fingerprint density at radius 3 is 2.62 bits per heavy atom. The van der Waals surface area contributed by atoms with Gasteiger partial charge in [0, 0.05) is 16.7 Å². The lowest BCUT2D eigenvalue weighted by Gasteiger charge is -2.22. The Hall–Kier alpha value is -1.43. The van der Waals surface area contributed by atoms with Crippen molar-refractivity contribution in [3.63, 3.8) is 0 Å². The zero-order valence-electron chi connectivity index (χ0n) is 12.1. The monoisotopic (exact) mass is 397 g/mol. The van der Waals surface area contributed by atoms with Crippen LogP contribution in [0.3, 0.4) is 0 Å². The van der Waals surface area contributed by atoms with Crippen LogP contribution < -0.4 is 0 Å². The quantitative estimate of drug-likeness (QED) is 0.701. The summed E-state index contributed by atoms with van der Waals surface area (Å²) < 4.78 is 13.8. The summed E-state index contributed by atoms with van der Waals surface area (Å²) in [5.41, 5.74) is 2.82. The van der Waals surface area contributed by atoms with E-state index in [1.54, 1.807) is 11.0 Å². The molecule has 21 heavy (non-hydrogen) atoms. The summed E-state index contributed by atoms with van der Waals surface area (Å²) in [4.78, 5) is 14.4. The Morgan fingerprint density at radius 2 is 2.00 bits per heavy atom. The molecule has 0 aliphatic heterocycles. The first kappa shape index (κ1) is 15.9. The van der Waals surface area contributed by atoms with Gasteiger partial charge >= 0.3 is 0 Å². The first-order valence-electron chi connectivity index (χ1n) is 6.81. The van der Waals surface area contributed by atoms with Crippen molar-refractivity contribution in [3.05, 3.63) is 68.5 Å². The third kappa shape index (κ3) is 4.03. The molecule has 0 atom stereocenters. The van der Waals surface area contributed by atoms with Crippen LogP contribution in [-0.2, 0) is 6.54 Å². The lowest BCUT2D eigenvalue weighted by molar-refractivity contribution is 0.0751. The number of carbonyl (C=O) groups is 1. The Balaban J connectivity index is 2.22. The van der Waals surface area contributed by atoms with Crippen molar-refractivity contribution in [2.24, 2.45) is 0 Å². The van der Waals surface area contributed by atoms with Gasteiger partial charge in [0.15, 0.2) is 0 Å². The van der Waals surface area contributed by atoms with E-state index < -0.39 is 0 Å². The highest BCUT2D eigenvalue weighted by atomic mass is 127. The fraction of sp³-hybridized carbons (Fsp3) is 0.235. The molecule has 1 amide bonds. The number of benzene rings is 2. The van der Waals surface area contributed by atoms with Crippen LogP contribution in [0.15, 0.2) is 42.5 Å². The summed E-state index contributed by atoms with van der Waals surface area (Å²) in [7, 11) is 0. The summed E-state index contributed by atoms with van der Waals surface area (Å²) in [6, 6.07) is 12.4. The largest absolute Gasteiger partial charge is 0.335 e. The molecule has 0 fully saturated rings. The molecule has 0 unspecified atom stereocenters. The first-order chi connectivity index (χ1) is 10.0. The van der Waals surface area contributed by atoms with Crippen LogP contribution in [0.25, 0.3) is 0 Å². The molecule has 0 saturated carbocycles. The average Bonchev–Trinajstić information content (AvgIpc) is 2.44. The Bertz CT molecular complexity index is 657. The maximum absolute atomic E-state index is 13.2. The second kappa shape index (κ2) is 7.02. The third-order valence-corrected chi connectivity index (χ3v) is 4.18. The number of hydrogen-bond donors (Lipinski definition) is 0. The van der Waals surface area contributed by atoms with Crippen LogP contribution in [0.4, 0.5) is 4.39 Å². The molecule has 0 bridgehead atoms. The third-order valence-electron chi connectivity index (χ3n) is 3.29. The molecule has 2 aromatic rings. The van der Waals surface area contributed by atoms with Gasteiger partial charge in [-0.3, -0.25) is 4.79 Å². The number of aryl methyl sites for hydroxylation is 1. The van der Waals surface area contributed by atoms with Gasteiger partial charge in [-0.1, -0.05) is 29.8 Å². The lowest BCUT2D eigenvalue weighted by Crippen LogP contribution is -2.30. The summed E-state index contributed by atoms with van der Waals surface area (Å²) >= 11 is 2.00. The molecule has 2 aromatic carbocycles. The van der Waals surface area contributed by atoms with Gasteiger partial charge in [0.1, 0.15) is 5.82 Å². The number of rotatable bonds is 4. The Kier molecular flexibility index (Phi) is 5.33. The Labute approximate surface area is 138 Å². The molecule has 0 aromatic heterocycles. The highest BCUT2D eigenvalue weighted by molar-refractivity contribution is 14.1. The van der Waals surface area contributed by atoms with E-state index in [-0.39, 0.29) is 11.7 Å². The zero-order chi connectivity index (χ0) is 15.4. The van der Waals surface area contributed by atoms with Crippen molar-refractivity contribution in [3.8, 4) is 0 Å². The van der Waals surface area contributed by atoms with Gasteiger partial charge in [0.05, 0.1) is 5.56 Å². The SMILES string of the molecule is CCN(Cc1cccc(C)c1)C(=O)c1ccc(F)cc1I. The highest BCUT2D eigenvalue weighted by Gasteiger charge is 2.17. The number of hydrogen-bond acceptors (Lipinski definition) is 1. The minimum atomic E-state index is -0.322. The number of halogens is 2. The molecule has 0 aliphatic carbocycles. The second-order valence-corrected chi connectivity index (χ2v) is 6.09. The lowest BCUT2D eigenvalue weighted by atomic mass is 10.1. The summed E-state index contributed by atoms with van der Waals surface area (Å²) in [5.74, 6) is -0.388. The van der Waals surface area contributed by atoms with Gasteiger partial charge in [-0.15, -0.1) is 0 Å². The second-order valence-electron chi connectivity index (χ2n) is 4.93. The van der Waals surface area contributed by atoms with E-state index in [1.807, 2.05) is 54.6 Å². The van der Waals surface area contributed by atoms with Crippen molar-refractivity contribution < 1.29 is 9.18 Å². The van der Waals surface area contributed by atoms with E-state index in [4.69, 9.17) is 0 Å². The van der Waals surface area contributed by atoms with E-state index in [0.29, 0.717) is 22.2 Å². The standard InChI is InChI=1S/C17H17FINO/c1-3-20(11-13-6-4-5-12(2)9-13)17(21)15-8-7-14(18)10-16(15)19/h4-10H,3,11H2,1-2H3. The van der Waals surface area contributed by atoms with Gasteiger partial charge < -0.3 is 4.90 Å². The molecule has 0 heterocycles. The molecule has 110 valence electrons. The molecule has 4 heteroatoms. The number of nitrogens with zero attached hydrogens (tertiary/aromatic N) is 1. The van der Waals surface area contributed by atoms with Crippen LogP contribution in [0.2, 0.25) is 0 Å². The highest BCUT2D eigenvalue weighted by Crippen LogP contribution is 2.17. The van der Waals surface area contributed by atoms with Gasteiger partial charge in [-0.05, 0) is 60.2 Å². The molecule has 0 N–H and O–H groups in total. The molecule has 0 spiro atoms. The fourth-order valence-corrected chi connectivity index (χ4v) is 2.90. The topological polar surface area (TPSA) is 20.3 Å². The van der Waals surface area contributed by atoms with Crippen LogP contribution in [0, 0.1) is 16.3 Å². The van der Waals surface area contributed by atoms with Crippen LogP contribution in [0.1, 0.15) is 28.4 Å². The minimum Gasteiger partial charge on any atom is -0.335 e. The van der Waals surface area contributed by atoms with Crippen molar-refractivity contribution in [2.45, 2.75) is 20.4 Å². The van der Waals surface area contributed by atoms with Crippen LogP contribution in [0.5, 0.6) is 0 Å². The molecule has 0 saturated heterocycles. The predicted molar refractivity (Wildman–Crippen MR) is 90.7 cm³/mol. The Morgan fingerprint density at radius 1 is 1.24 bits per heavy atom. The van der Waals surface area contributed by atoms with Crippen molar-refractivity contribution in [1.82, 2.24) is 4.90 Å². The zero-order valence-corrected chi connectivity index (χ0v) is 14.2. The smallest absolute Gasteiger partial charge is 0.255 e. The maximum Gasteiger partial charge on any atom is 0.255 e. The molecular formula is C17H17FINO. The summed E-state index contributed by atoms with van der Waals surface area (Å²) in [6.45, 7) is 5.15. The molecule has 2 nitrogen and oxygen atoms in total. The van der Waals surface area contributed by atoms with Gasteiger partial charge in [-0.25, -0.2) is 4.39 Å². The average molecular weight is 397 g/mol. The van der Waals surface area contributed by atoms with Gasteiger partial charge in [-0.2, -0.15) is 0 Å². The number of carbonyl (C=O) groups excluding carboxylic acids is 1. The minimum absolute atomic E-state index is 0.0663. The fourth-order valence-electron chi connectivity index (χ4n) is 2.19. The maximum atomic E-state index is 13.2. The van der Waals surface area contributed by atoms with E-state index in [9.17, 15) is 9.18 Å². The number of amides is 1. The molecule has 0 aliphatic rings. The van der Waals surface area contributed by atoms with Crippen LogP contribution >= 0.6 is 22.6 Å². The van der Waals surface area contributed by atoms with E-state index in [0.717, 1.165) is 5.56 Å². The van der Waals surface area contributed by atoms with E-state index in [1.165, 1.54) is 17.7 Å². The summed E-state index contributed by atoms with van der Waals surface area (Å²) in [6.07, 6.45) is 0.